The van der Waals surface area contributed by atoms with Crippen LogP contribution in [0.1, 0.15) is 19.6 Å². The first-order valence-corrected chi connectivity index (χ1v) is 6.23. The molecule has 2 aromatic rings. The predicted octanol–water partition coefficient (Wildman–Crippen LogP) is 3.08. The Hall–Kier alpha value is -1.99. The number of nitriles is 1. The molecule has 1 aromatic carbocycles. The van der Waals surface area contributed by atoms with Gasteiger partial charge in [-0.25, -0.2) is 0 Å². The molecule has 0 unspecified atom stereocenters. The first-order chi connectivity index (χ1) is 9.05. The fourth-order valence-corrected chi connectivity index (χ4v) is 1.88. The van der Waals surface area contributed by atoms with Gasteiger partial charge in [-0.2, -0.15) is 5.26 Å². The van der Waals surface area contributed by atoms with Gasteiger partial charge in [0.1, 0.15) is 5.76 Å². The van der Waals surface area contributed by atoms with Crippen LogP contribution < -0.4 is 10.1 Å². The van der Waals surface area contributed by atoms with Gasteiger partial charge in [-0.15, -0.1) is 0 Å². The largest absolute Gasteiger partial charge is 0.493 e. The summed E-state index contributed by atoms with van der Waals surface area (Å²) in [6.45, 7) is 5.03. The van der Waals surface area contributed by atoms with Gasteiger partial charge in [0.15, 0.2) is 11.3 Å². The minimum Gasteiger partial charge on any atom is -0.493 e. The highest BCUT2D eigenvalue weighted by atomic mass is 16.5. The van der Waals surface area contributed by atoms with Crippen molar-refractivity contribution in [3.05, 3.63) is 30.0 Å². The number of hydrogen-bond donors (Lipinski definition) is 1. The van der Waals surface area contributed by atoms with E-state index in [9.17, 15) is 0 Å². The first-order valence-electron chi connectivity index (χ1n) is 6.23. The lowest BCUT2D eigenvalue weighted by molar-refractivity contribution is 0.400. The second-order valence-corrected chi connectivity index (χ2v) is 5.19. The Morgan fingerprint density at radius 1 is 1.42 bits per heavy atom. The lowest BCUT2D eigenvalue weighted by Crippen LogP contribution is -2.27. The van der Waals surface area contributed by atoms with Crippen LogP contribution in [-0.4, -0.2) is 13.7 Å². The zero-order chi connectivity index (χ0) is 13.9. The molecule has 0 aliphatic rings. The second-order valence-electron chi connectivity index (χ2n) is 5.19. The van der Waals surface area contributed by atoms with Gasteiger partial charge in [-0.3, -0.25) is 0 Å². The molecule has 0 aliphatic heterocycles. The molecule has 1 N–H and O–H groups in total. The zero-order valence-electron chi connectivity index (χ0n) is 11.5. The summed E-state index contributed by atoms with van der Waals surface area (Å²) in [4.78, 5) is 0. The Kier molecular flexibility index (Phi) is 3.77. The first kappa shape index (κ1) is 13.4. The van der Waals surface area contributed by atoms with E-state index in [1.165, 1.54) is 0 Å². The van der Waals surface area contributed by atoms with Crippen molar-refractivity contribution in [2.24, 2.45) is 5.41 Å². The predicted molar refractivity (Wildman–Crippen MR) is 73.9 cm³/mol. The van der Waals surface area contributed by atoms with Crippen LogP contribution in [-0.2, 0) is 6.54 Å². The number of benzene rings is 1. The number of methoxy groups -OCH3 is 1. The van der Waals surface area contributed by atoms with E-state index in [0.717, 1.165) is 22.5 Å². The van der Waals surface area contributed by atoms with Crippen LogP contribution in [0.15, 0.2) is 28.7 Å². The molecule has 1 aromatic heterocycles. The molecule has 0 saturated heterocycles. The maximum absolute atomic E-state index is 8.94. The number of nitrogens with zero attached hydrogens (tertiary/aromatic N) is 1. The molecule has 0 spiro atoms. The summed E-state index contributed by atoms with van der Waals surface area (Å²) in [5.41, 5.74) is 0.394. The fraction of sp³-hybridized carbons (Fsp3) is 0.400. The van der Waals surface area contributed by atoms with Gasteiger partial charge in [0.2, 0.25) is 0 Å². The van der Waals surface area contributed by atoms with Gasteiger partial charge in [0.25, 0.3) is 0 Å². The van der Waals surface area contributed by atoms with Crippen molar-refractivity contribution < 1.29 is 9.15 Å². The molecule has 0 amide bonds. The van der Waals surface area contributed by atoms with Gasteiger partial charge < -0.3 is 14.5 Å². The smallest absolute Gasteiger partial charge is 0.176 e. The summed E-state index contributed by atoms with van der Waals surface area (Å²) < 4.78 is 11.0. The van der Waals surface area contributed by atoms with E-state index in [4.69, 9.17) is 14.4 Å². The van der Waals surface area contributed by atoms with Gasteiger partial charge in [0, 0.05) is 11.9 Å². The number of nitrogens with one attached hydrogen (secondary N) is 1. The molecule has 1 heterocycles. The van der Waals surface area contributed by atoms with Crippen LogP contribution >= 0.6 is 0 Å². The molecular weight excluding hydrogens is 240 g/mol. The van der Waals surface area contributed by atoms with Crippen molar-refractivity contribution in [2.75, 3.05) is 13.7 Å². The van der Waals surface area contributed by atoms with Crippen LogP contribution in [0.25, 0.3) is 11.0 Å². The number of para-hydroxylation sites is 1. The molecule has 19 heavy (non-hydrogen) atoms. The lowest BCUT2D eigenvalue weighted by Gasteiger charge is -2.14. The molecule has 0 aliphatic carbocycles. The van der Waals surface area contributed by atoms with E-state index in [1.54, 1.807) is 7.11 Å². The summed E-state index contributed by atoms with van der Waals surface area (Å²) in [5, 5.41) is 13.2. The van der Waals surface area contributed by atoms with Crippen LogP contribution in [0, 0.1) is 16.7 Å². The molecule has 0 radical (unpaired) electrons. The quantitative estimate of drug-likeness (QED) is 0.895. The van der Waals surface area contributed by atoms with Gasteiger partial charge in [-0.05, 0) is 26.0 Å². The van der Waals surface area contributed by atoms with Crippen molar-refractivity contribution in [3.8, 4) is 11.8 Å². The third-order valence-electron chi connectivity index (χ3n) is 2.95. The minimum atomic E-state index is -0.371. The highest BCUT2D eigenvalue weighted by Crippen LogP contribution is 2.28. The van der Waals surface area contributed by atoms with Gasteiger partial charge in [0.05, 0.1) is 25.1 Å². The Balaban J connectivity index is 2.08. The number of fused-ring (bicyclic) bond motifs is 1. The van der Waals surface area contributed by atoms with E-state index in [2.05, 4.69) is 11.4 Å². The molecular formula is C15H18N2O2. The number of ether oxygens (including phenoxy) is 1. The van der Waals surface area contributed by atoms with Crippen LogP contribution in [0.5, 0.6) is 5.75 Å². The Bertz CT molecular complexity index is 608. The van der Waals surface area contributed by atoms with E-state index in [1.807, 2.05) is 38.1 Å². The van der Waals surface area contributed by atoms with E-state index < -0.39 is 0 Å². The van der Waals surface area contributed by atoms with Crippen LogP contribution in [0.2, 0.25) is 0 Å². The normalized spacial score (nSPS) is 11.5. The molecule has 100 valence electrons. The molecule has 0 bridgehead atoms. The van der Waals surface area contributed by atoms with E-state index in [-0.39, 0.29) is 5.41 Å². The Labute approximate surface area is 113 Å². The zero-order valence-corrected chi connectivity index (χ0v) is 11.5. The van der Waals surface area contributed by atoms with Crippen molar-refractivity contribution in [1.29, 1.82) is 5.26 Å². The summed E-state index contributed by atoms with van der Waals surface area (Å²) in [6.07, 6.45) is 0. The molecule has 0 atom stereocenters. The molecule has 4 nitrogen and oxygen atoms in total. The van der Waals surface area contributed by atoms with E-state index >= 15 is 0 Å². The summed E-state index contributed by atoms with van der Waals surface area (Å²) in [7, 11) is 1.63. The highest BCUT2D eigenvalue weighted by Gasteiger charge is 2.16. The fourth-order valence-electron chi connectivity index (χ4n) is 1.88. The van der Waals surface area contributed by atoms with Crippen LogP contribution in [0.3, 0.4) is 0 Å². The maximum Gasteiger partial charge on any atom is 0.176 e. The maximum atomic E-state index is 8.94. The SMILES string of the molecule is COc1cccc2cc(CNCC(C)(C)C#N)oc12. The highest BCUT2D eigenvalue weighted by molar-refractivity contribution is 5.83. The second kappa shape index (κ2) is 5.33. The van der Waals surface area contributed by atoms with E-state index in [0.29, 0.717) is 13.1 Å². The molecule has 2 rings (SSSR count). The topological polar surface area (TPSA) is 58.2 Å². The lowest BCUT2D eigenvalue weighted by atomic mass is 9.96. The average Bonchev–Trinajstić information content (AvgIpc) is 2.81. The van der Waals surface area contributed by atoms with Crippen molar-refractivity contribution in [3.63, 3.8) is 0 Å². The van der Waals surface area contributed by atoms with Crippen LogP contribution in [0.4, 0.5) is 0 Å². The van der Waals surface area contributed by atoms with Gasteiger partial charge in [-0.1, -0.05) is 12.1 Å². The number of rotatable bonds is 5. The third-order valence-corrected chi connectivity index (χ3v) is 2.95. The van der Waals surface area contributed by atoms with Crippen molar-refractivity contribution >= 4 is 11.0 Å². The Morgan fingerprint density at radius 3 is 2.89 bits per heavy atom. The monoisotopic (exact) mass is 258 g/mol. The third kappa shape index (κ3) is 3.07. The number of hydrogen-bond acceptors (Lipinski definition) is 4. The average molecular weight is 258 g/mol. The Morgan fingerprint density at radius 2 is 2.21 bits per heavy atom. The minimum absolute atomic E-state index is 0.371. The molecule has 0 fully saturated rings. The molecule has 0 saturated carbocycles. The van der Waals surface area contributed by atoms with Gasteiger partial charge >= 0.3 is 0 Å². The summed E-state index contributed by atoms with van der Waals surface area (Å²) in [5.74, 6) is 1.58. The standard InChI is InChI=1S/C15H18N2O2/c1-15(2,9-16)10-17-8-12-7-11-5-4-6-13(18-3)14(11)19-12/h4-7,17H,8,10H2,1-3H3. The number of furan rings is 1. The summed E-state index contributed by atoms with van der Waals surface area (Å²) in [6, 6.07) is 10.1. The molecule has 4 heteroatoms. The summed E-state index contributed by atoms with van der Waals surface area (Å²) >= 11 is 0. The van der Waals surface area contributed by atoms with Crippen molar-refractivity contribution in [2.45, 2.75) is 20.4 Å². The van der Waals surface area contributed by atoms with Crippen molar-refractivity contribution in [1.82, 2.24) is 5.32 Å².